The van der Waals surface area contributed by atoms with Crippen LogP contribution in [0.15, 0.2) is 12.1 Å². The van der Waals surface area contributed by atoms with E-state index in [2.05, 4.69) is 32.9 Å². The Morgan fingerprint density at radius 1 is 1.11 bits per heavy atom. The third-order valence-corrected chi connectivity index (χ3v) is 5.59. The first-order chi connectivity index (χ1) is 8.74. The van der Waals surface area contributed by atoms with Crippen molar-refractivity contribution in [2.75, 3.05) is 6.61 Å². The molecule has 1 nitrogen and oxygen atoms in total. The highest BCUT2D eigenvalue weighted by Crippen LogP contribution is 2.40. The number of ether oxygens (including phenoxy) is 1. The van der Waals surface area contributed by atoms with E-state index in [9.17, 15) is 0 Å². The summed E-state index contributed by atoms with van der Waals surface area (Å²) in [5.74, 6) is 0.698. The average Bonchev–Trinajstić information content (AvgIpc) is 2.87. The molecule has 2 rings (SSSR count). The summed E-state index contributed by atoms with van der Waals surface area (Å²) < 4.78 is 8.55. The van der Waals surface area contributed by atoms with E-state index >= 15 is 0 Å². The zero-order valence-electron chi connectivity index (χ0n) is 11.5. The zero-order chi connectivity index (χ0) is 13.0. The van der Waals surface area contributed by atoms with Crippen LogP contribution in [0.2, 0.25) is 0 Å². The Morgan fingerprint density at radius 2 is 1.89 bits per heavy atom. The van der Waals surface area contributed by atoms with Gasteiger partial charge in [-0.3, -0.25) is 0 Å². The molecular weight excluding hydrogens is 260 g/mol. The predicted octanol–water partition coefficient (Wildman–Crippen LogP) is 6.05. The summed E-state index contributed by atoms with van der Waals surface area (Å²) in [6.07, 6.45) is 4.88. The summed E-state index contributed by atoms with van der Waals surface area (Å²) >= 11 is 3.73. The fourth-order valence-electron chi connectivity index (χ4n) is 2.04. The van der Waals surface area contributed by atoms with Gasteiger partial charge < -0.3 is 4.74 Å². The molecule has 2 aromatic rings. The second-order valence-corrected chi connectivity index (χ2v) is 7.00. The summed E-state index contributed by atoms with van der Waals surface area (Å²) in [5.41, 5.74) is 0. The quantitative estimate of drug-likeness (QED) is 0.562. The molecule has 100 valence electrons. The van der Waals surface area contributed by atoms with Crippen molar-refractivity contribution in [1.82, 2.24) is 0 Å². The van der Waals surface area contributed by atoms with E-state index in [1.54, 1.807) is 11.3 Å². The number of unbranched alkanes of at least 4 members (excludes halogenated alkanes) is 1. The lowest BCUT2D eigenvalue weighted by molar-refractivity contribution is 0.318. The first-order valence-electron chi connectivity index (χ1n) is 6.90. The van der Waals surface area contributed by atoms with Gasteiger partial charge in [0.1, 0.15) is 0 Å². The molecule has 0 saturated carbocycles. The van der Waals surface area contributed by atoms with Crippen molar-refractivity contribution in [3.8, 4) is 5.06 Å². The lowest BCUT2D eigenvalue weighted by Crippen LogP contribution is -1.93. The van der Waals surface area contributed by atoms with Gasteiger partial charge in [-0.05, 0) is 24.8 Å². The molecule has 0 aliphatic rings. The Labute approximate surface area is 118 Å². The van der Waals surface area contributed by atoms with E-state index in [1.807, 2.05) is 11.3 Å². The predicted molar refractivity (Wildman–Crippen MR) is 83.4 cm³/mol. The molecule has 2 aromatic heterocycles. The minimum Gasteiger partial charge on any atom is -0.484 e. The van der Waals surface area contributed by atoms with Crippen LogP contribution in [0.1, 0.15) is 57.2 Å². The van der Waals surface area contributed by atoms with Crippen LogP contribution in [0.3, 0.4) is 0 Å². The van der Waals surface area contributed by atoms with E-state index in [-0.39, 0.29) is 0 Å². The molecule has 0 spiro atoms. The number of hydrogen-bond donors (Lipinski definition) is 0. The molecule has 1 unspecified atom stereocenters. The van der Waals surface area contributed by atoms with Gasteiger partial charge in [0.2, 0.25) is 0 Å². The maximum absolute atomic E-state index is 5.76. The lowest BCUT2D eigenvalue weighted by Gasteiger charge is -2.05. The maximum atomic E-state index is 5.76. The molecular formula is C15H22OS2. The number of thiophene rings is 2. The standard InChI is InChI=1S/C15H22OS2/c1-4-6-8-16-15-10-14-13(18-15)9-12(17-14)11(3)7-5-2/h9-11H,4-8H2,1-3H3. The van der Waals surface area contributed by atoms with Crippen molar-refractivity contribution in [3.05, 3.63) is 17.0 Å². The third kappa shape index (κ3) is 3.27. The largest absolute Gasteiger partial charge is 0.484 e. The first-order valence-corrected chi connectivity index (χ1v) is 8.54. The van der Waals surface area contributed by atoms with Crippen LogP contribution in [0.5, 0.6) is 5.06 Å². The topological polar surface area (TPSA) is 9.23 Å². The Hall–Kier alpha value is -0.540. The molecule has 0 bridgehead atoms. The molecule has 0 amide bonds. The second-order valence-electron chi connectivity index (χ2n) is 4.83. The molecule has 0 fully saturated rings. The van der Waals surface area contributed by atoms with Crippen LogP contribution in [0.4, 0.5) is 0 Å². The first kappa shape index (κ1) is 13.9. The van der Waals surface area contributed by atoms with Crippen molar-refractivity contribution in [2.45, 2.75) is 52.4 Å². The normalized spacial score (nSPS) is 13.1. The molecule has 0 aliphatic heterocycles. The molecule has 0 aliphatic carbocycles. The van der Waals surface area contributed by atoms with Gasteiger partial charge in [0, 0.05) is 20.3 Å². The summed E-state index contributed by atoms with van der Waals surface area (Å²) in [7, 11) is 0. The second kappa shape index (κ2) is 6.58. The Kier molecular flexibility index (Phi) is 5.07. The Morgan fingerprint density at radius 3 is 2.56 bits per heavy atom. The van der Waals surface area contributed by atoms with Crippen molar-refractivity contribution in [3.63, 3.8) is 0 Å². The Balaban J connectivity index is 2.05. The molecule has 3 heteroatoms. The monoisotopic (exact) mass is 282 g/mol. The van der Waals surface area contributed by atoms with Crippen molar-refractivity contribution in [1.29, 1.82) is 0 Å². The molecule has 2 heterocycles. The SMILES string of the molecule is CCCCOc1cc2sc(C(C)CCC)cc2s1. The molecule has 0 saturated heterocycles. The van der Waals surface area contributed by atoms with Crippen LogP contribution in [-0.4, -0.2) is 6.61 Å². The van der Waals surface area contributed by atoms with Crippen molar-refractivity contribution >= 4 is 32.1 Å². The van der Waals surface area contributed by atoms with Crippen LogP contribution >= 0.6 is 22.7 Å². The zero-order valence-corrected chi connectivity index (χ0v) is 13.1. The smallest absolute Gasteiger partial charge is 0.175 e. The highest BCUT2D eigenvalue weighted by Gasteiger charge is 2.12. The minimum atomic E-state index is 0.698. The van der Waals surface area contributed by atoms with Gasteiger partial charge in [-0.25, -0.2) is 0 Å². The van der Waals surface area contributed by atoms with E-state index in [0.29, 0.717) is 5.92 Å². The van der Waals surface area contributed by atoms with Gasteiger partial charge in [0.25, 0.3) is 0 Å². The number of hydrogen-bond acceptors (Lipinski definition) is 3. The number of rotatable bonds is 7. The van der Waals surface area contributed by atoms with Crippen LogP contribution in [-0.2, 0) is 0 Å². The summed E-state index contributed by atoms with van der Waals surface area (Å²) in [5, 5.41) is 1.08. The highest BCUT2D eigenvalue weighted by molar-refractivity contribution is 7.28. The van der Waals surface area contributed by atoms with Gasteiger partial charge >= 0.3 is 0 Å². The molecule has 18 heavy (non-hydrogen) atoms. The minimum absolute atomic E-state index is 0.698. The Bertz CT molecular complexity index is 452. The summed E-state index contributed by atoms with van der Waals surface area (Å²) in [4.78, 5) is 1.53. The van der Waals surface area contributed by atoms with Gasteiger partial charge in [0.05, 0.1) is 6.61 Å². The van der Waals surface area contributed by atoms with Gasteiger partial charge in [0.15, 0.2) is 5.06 Å². The van der Waals surface area contributed by atoms with E-state index in [0.717, 1.165) is 18.1 Å². The molecule has 0 N–H and O–H groups in total. The van der Waals surface area contributed by atoms with E-state index < -0.39 is 0 Å². The molecule has 1 atom stereocenters. The van der Waals surface area contributed by atoms with Gasteiger partial charge in [-0.1, -0.05) is 44.9 Å². The number of fused-ring (bicyclic) bond motifs is 1. The van der Waals surface area contributed by atoms with Crippen LogP contribution in [0, 0.1) is 0 Å². The fourth-order valence-corrected chi connectivity index (χ4v) is 4.39. The summed E-state index contributed by atoms with van der Waals surface area (Å²) in [6.45, 7) is 7.63. The van der Waals surface area contributed by atoms with Gasteiger partial charge in [-0.2, -0.15) is 0 Å². The molecule has 0 radical (unpaired) electrons. The summed E-state index contributed by atoms with van der Waals surface area (Å²) in [6, 6.07) is 4.57. The fraction of sp³-hybridized carbons (Fsp3) is 0.600. The third-order valence-electron chi connectivity index (χ3n) is 3.15. The van der Waals surface area contributed by atoms with E-state index in [1.165, 1.54) is 33.5 Å². The van der Waals surface area contributed by atoms with Gasteiger partial charge in [-0.15, -0.1) is 11.3 Å². The maximum Gasteiger partial charge on any atom is 0.175 e. The molecule has 0 aromatic carbocycles. The van der Waals surface area contributed by atoms with Crippen molar-refractivity contribution < 1.29 is 4.74 Å². The highest BCUT2D eigenvalue weighted by atomic mass is 32.1. The average molecular weight is 282 g/mol. The van der Waals surface area contributed by atoms with Crippen molar-refractivity contribution in [2.24, 2.45) is 0 Å². The van der Waals surface area contributed by atoms with Crippen LogP contribution < -0.4 is 4.74 Å². The van der Waals surface area contributed by atoms with E-state index in [4.69, 9.17) is 4.74 Å². The van der Waals surface area contributed by atoms with Crippen LogP contribution in [0.25, 0.3) is 9.40 Å². The lowest BCUT2D eigenvalue weighted by atomic mass is 10.1.